The van der Waals surface area contributed by atoms with Gasteiger partial charge in [0.25, 0.3) is 23.6 Å². The van der Waals surface area contributed by atoms with E-state index in [1.54, 1.807) is 28.4 Å². The summed E-state index contributed by atoms with van der Waals surface area (Å²) in [7, 11) is 6.43. The summed E-state index contributed by atoms with van der Waals surface area (Å²) in [6, 6.07) is 7.50. The molecule has 3 rings (SSSR count). The second-order valence-corrected chi connectivity index (χ2v) is 35.0. The number of unbranched alkanes of at least 4 members (excludes halogenated alkanes) is 12. The van der Waals surface area contributed by atoms with Crippen LogP contribution in [0.1, 0.15) is 216 Å². The van der Waals surface area contributed by atoms with Crippen LogP contribution in [-0.2, 0) is 148 Å². The first kappa shape index (κ1) is 95.6. The zero-order valence-electron chi connectivity index (χ0n) is 62.4. The summed E-state index contributed by atoms with van der Waals surface area (Å²) in [5.74, 6) is -1.98. The number of hydroxylamine groups is 4. The van der Waals surface area contributed by atoms with Crippen molar-refractivity contribution in [3.63, 3.8) is 0 Å². The first-order chi connectivity index (χ1) is 47.2. The van der Waals surface area contributed by atoms with E-state index >= 15 is 0 Å². The molecular weight excluding hydrogens is 1420 g/mol. The zero-order valence-corrected chi connectivity index (χ0v) is 67.5. The molecule has 2 fully saturated rings. The number of nitrogens with zero attached hydrogens (tertiary/aromatic N) is 2. The van der Waals surface area contributed by atoms with Crippen molar-refractivity contribution in [2.45, 2.75) is 228 Å². The molecule has 0 saturated carbocycles. The third kappa shape index (κ3) is 49.4. The molecule has 2 saturated heterocycles. The SMILES string of the molecule is CCOCC(C)COP(=S)(OCCOc1ccc(C(OC)OC)cc1)OC(C)(C)C.COCCOCCOP(=S)(OCCCCCCCCCC(=O)ON1C(=O)CCC1=O)OC(C)(C)C.COCCOCCOP(=S)(OCCCCCCCCCC(=O)ON1C(=O)CCC1=O)OC(C)(C)C. The van der Waals surface area contributed by atoms with Crippen molar-refractivity contribution in [3.8, 4) is 5.75 Å². The molecular formula is C67H121N2O25P3S3. The minimum atomic E-state index is -2.91. The van der Waals surface area contributed by atoms with Crippen molar-refractivity contribution in [2.75, 3.05) is 128 Å². The summed E-state index contributed by atoms with van der Waals surface area (Å²) < 4.78 is 95.2. The number of hydrogen-bond donors (Lipinski definition) is 0. The summed E-state index contributed by atoms with van der Waals surface area (Å²) in [6.45, 7) is 19.3. The molecule has 100 heavy (non-hydrogen) atoms. The number of imide groups is 2. The third-order valence-electron chi connectivity index (χ3n) is 13.2. The Morgan fingerprint density at radius 3 is 1.11 bits per heavy atom. The van der Waals surface area contributed by atoms with E-state index in [1.807, 2.05) is 100 Å². The Labute approximate surface area is 611 Å². The highest BCUT2D eigenvalue weighted by Crippen LogP contribution is 2.55. The van der Waals surface area contributed by atoms with Crippen LogP contribution in [0.15, 0.2) is 24.3 Å². The fourth-order valence-electron chi connectivity index (χ4n) is 8.64. The van der Waals surface area contributed by atoms with Gasteiger partial charge in [0.05, 0.1) is 103 Å². The van der Waals surface area contributed by atoms with Gasteiger partial charge in [0.1, 0.15) is 12.4 Å². The predicted molar refractivity (Wildman–Crippen MR) is 389 cm³/mol. The maximum Gasteiger partial charge on any atom is 0.333 e. The van der Waals surface area contributed by atoms with E-state index < -0.39 is 78.8 Å². The van der Waals surface area contributed by atoms with E-state index in [-0.39, 0.29) is 51.0 Å². The Kier molecular flexibility index (Phi) is 51.8. The Morgan fingerprint density at radius 1 is 0.430 bits per heavy atom. The lowest BCUT2D eigenvalue weighted by molar-refractivity contribution is -0.197. The van der Waals surface area contributed by atoms with Crippen molar-refractivity contribution in [3.05, 3.63) is 29.8 Å². The van der Waals surface area contributed by atoms with E-state index in [2.05, 4.69) is 0 Å². The van der Waals surface area contributed by atoms with Crippen LogP contribution in [0.2, 0.25) is 0 Å². The number of hydrogen-bond acceptors (Lipinski definition) is 28. The van der Waals surface area contributed by atoms with Crippen LogP contribution in [0.3, 0.4) is 0 Å². The predicted octanol–water partition coefficient (Wildman–Crippen LogP) is 14.0. The molecule has 2 heterocycles. The van der Waals surface area contributed by atoms with Gasteiger partial charge >= 0.3 is 32.1 Å². The summed E-state index contributed by atoms with van der Waals surface area (Å²) in [5, 5.41) is 1.19. The fourth-order valence-corrected chi connectivity index (χ4v) is 16.5. The molecule has 0 radical (unpaired) electrons. The molecule has 1 aromatic carbocycles. The second-order valence-electron chi connectivity index (χ2n) is 26.2. The van der Waals surface area contributed by atoms with E-state index in [4.69, 9.17) is 124 Å². The fraction of sp³-hybridized carbons (Fsp3) is 0.821. The van der Waals surface area contributed by atoms with Gasteiger partial charge in [0, 0.05) is 85.1 Å². The van der Waals surface area contributed by atoms with Crippen LogP contribution in [0, 0.1) is 5.92 Å². The van der Waals surface area contributed by atoms with E-state index in [9.17, 15) is 28.8 Å². The standard InChI is InChI=1S/2C23H42NO9PS.C21H37O7PS/c2*1-23(2,3)33-34(35,31-19-18-29-17-16-28-4)30-15-11-9-7-5-6-8-10-12-22(27)32-24-20(25)13-14-21(24)26;1-8-24-15-17(2)16-27-29(30,28-21(3,4)5)26-14-13-25-19-11-9-18(10-12-19)20(22-6)23-7/h2*5-19H2,1-4H3;9-12,17,20H,8,13-16H2,1-7H3. The van der Waals surface area contributed by atoms with E-state index in [1.165, 1.54) is 0 Å². The molecule has 0 spiro atoms. The van der Waals surface area contributed by atoms with Gasteiger partial charge in [-0.15, -0.1) is 10.1 Å². The van der Waals surface area contributed by atoms with Gasteiger partial charge in [0.15, 0.2) is 6.29 Å². The summed E-state index contributed by atoms with van der Waals surface area (Å²) >= 11 is 16.7. The van der Waals surface area contributed by atoms with Gasteiger partial charge in [-0.1, -0.05) is 83.3 Å². The van der Waals surface area contributed by atoms with Crippen molar-refractivity contribution < 1.29 is 117 Å². The number of rotatable bonds is 55. The van der Waals surface area contributed by atoms with Crippen LogP contribution in [0.4, 0.5) is 0 Å². The third-order valence-corrected chi connectivity index (χ3v) is 21.1. The highest BCUT2D eigenvalue weighted by atomic mass is 32.5. The number of amides is 4. The molecule has 4 unspecified atom stereocenters. The summed E-state index contributed by atoms with van der Waals surface area (Å²) in [5.41, 5.74) is -0.516. The lowest BCUT2D eigenvalue weighted by Gasteiger charge is -2.30. The largest absolute Gasteiger partial charge is 0.491 e. The van der Waals surface area contributed by atoms with Gasteiger partial charge in [-0.3, -0.25) is 19.2 Å². The van der Waals surface area contributed by atoms with Crippen LogP contribution in [0.25, 0.3) is 0 Å². The maximum absolute atomic E-state index is 11.8. The minimum Gasteiger partial charge on any atom is -0.491 e. The molecule has 0 aliphatic carbocycles. The van der Waals surface area contributed by atoms with Gasteiger partial charge in [-0.05, 0) is 142 Å². The molecule has 0 N–H and O–H groups in total. The van der Waals surface area contributed by atoms with Crippen molar-refractivity contribution in [1.29, 1.82) is 0 Å². The van der Waals surface area contributed by atoms with Gasteiger partial charge < -0.3 is 88.3 Å². The molecule has 0 bridgehead atoms. The molecule has 582 valence electrons. The monoisotopic (exact) mass is 1540 g/mol. The van der Waals surface area contributed by atoms with Crippen LogP contribution >= 0.6 is 20.2 Å². The number of benzene rings is 1. The Morgan fingerprint density at radius 2 is 0.760 bits per heavy atom. The van der Waals surface area contributed by atoms with Gasteiger partial charge in [0.2, 0.25) is 0 Å². The first-order valence-corrected chi connectivity index (χ1v) is 42.3. The topological polar surface area (TPSA) is 284 Å². The molecule has 4 amide bonds. The normalized spacial score (nSPS) is 15.8. The minimum absolute atomic E-state index is 0.104. The van der Waals surface area contributed by atoms with Crippen LogP contribution in [-0.4, -0.2) is 190 Å². The Bertz CT molecular complexity index is 2420. The number of methoxy groups -OCH3 is 4. The molecule has 2 aliphatic rings. The number of carbonyl (C=O) groups is 6. The molecule has 0 aromatic heterocycles. The van der Waals surface area contributed by atoms with Gasteiger partial charge in [-0.2, -0.15) is 0 Å². The zero-order chi connectivity index (χ0) is 74.9. The Hall–Kier alpha value is -2.45. The molecule has 1 aromatic rings. The smallest absolute Gasteiger partial charge is 0.333 e. The molecule has 27 nitrogen and oxygen atoms in total. The first-order valence-electron chi connectivity index (χ1n) is 34.7. The summed E-state index contributed by atoms with van der Waals surface area (Å²) in [4.78, 5) is 79.0. The lowest BCUT2D eigenvalue weighted by Crippen LogP contribution is -2.31. The van der Waals surface area contributed by atoms with Crippen molar-refractivity contribution in [1.82, 2.24) is 10.1 Å². The van der Waals surface area contributed by atoms with Crippen molar-refractivity contribution >= 4 is 91.1 Å². The van der Waals surface area contributed by atoms with Crippen LogP contribution in [0.5, 0.6) is 5.75 Å². The quantitative estimate of drug-likeness (QED) is 0.0253. The van der Waals surface area contributed by atoms with E-state index in [0.29, 0.717) is 121 Å². The molecule has 2 aliphatic heterocycles. The second kappa shape index (κ2) is 54.2. The average molecular weight is 1540 g/mol. The lowest BCUT2D eigenvalue weighted by atomic mass is 10.1. The molecule has 33 heteroatoms. The van der Waals surface area contributed by atoms with Crippen molar-refractivity contribution in [2.24, 2.45) is 5.92 Å². The average Bonchev–Trinajstić information content (AvgIpc) is 1.66. The molecule has 4 atom stereocenters. The van der Waals surface area contributed by atoms with Crippen LogP contribution < -0.4 is 4.74 Å². The maximum atomic E-state index is 11.8. The van der Waals surface area contributed by atoms with E-state index in [0.717, 1.165) is 82.6 Å². The number of ether oxygens (including phenoxy) is 8. The number of carbonyl (C=O) groups excluding carboxylic acids is 6. The van der Waals surface area contributed by atoms with Gasteiger partial charge in [-0.25, -0.2) is 9.59 Å². The Balaban J connectivity index is 0.000000753. The highest BCUT2D eigenvalue weighted by Gasteiger charge is 2.35. The highest BCUT2D eigenvalue weighted by molar-refractivity contribution is 8.08. The summed E-state index contributed by atoms with van der Waals surface area (Å²) in [6.07, 6.45) is 13.3.